The normalized spacial score (nSPS) is 23.8. The Morgan fingerprint density at radius 1 is 1.17 bits per heavy atom. The molecule has 1 aliphatic rings. The lowest BCUT2D eigenvalue weighted by molar-refractivity contribution is -0.138. The Kier molecular flexibility index (Phi) is 3.75. The summed E-state index contributed by atoms with van der Waals surface area (Å²) in [6, 6.07) is 4.70. The molecule has 98 valence electrons. The molecule has 0 amide bonds. The second kappa shape index (κ2) is 5.29. The van der Waals surface area contributed by atoms with E-state index in [1.165, 1.54) is 6.07 Å². The number of phenolic OH excluding ortho intramolecular Hbond substituents is 2. The van der Waals surface area contributed by atoms with Crippen LogP contribution in [-0.4, -0.2) is 21.3 Å². The number of rotatable bonds is 3. The van der Waals surface area contributed by atoms with Crippen molar-refractivity contribution in [3.63, 3.8) is 0 Å². The summed E-state index contributed by atoms with van der Waals surface area (Å²) in [5, 5.41) is 27.8. The van der Waals surface area contributed by atoms with E-state index in [4.69, 9.17) is 5.11 Å². The third kappa shape index (κ3) is 2.94. The Labute approximate surface area is 106 Å². The summed E-state index contributed by atoms with van der Waals surface area (Å²) in [6.07, 6.45) is 3.81. The molecule has 1 aromatic rings. The van der Waals surface area contributed by atoms with E-state index < -0.39 is 5.97 Å². The van der Waals surface area contributed by atoms with Gasteiger partial charge in [0, 0.05) is 12.5 Å². The molecule has 0 heterocycles. The maximum absolute atomic E-state index is 10.6. The fourth-order valence-electron chi connectivity index (χ4n) is 2.80. The molecule has 3 N–H and O–H groups in total. The molecule has 0 bridgehead atoms. The van der Waals surface area contributed by atoms with Crippen LogP contribution in [-0.2, 0) is 4.79 Å². The van der Waals surface area contributed by atoms with E-state index in [0.29, 0.717) is 0 Å². The van der Waals surface area contributed by atoms with E-state index in [0.717, 1.165) is 31.2 Å². The molecule has 18 heavy (non-hydrogen) atoms. The summed E-state index contributed by atoms with van der Waals surface area (Å²) in [4.78, 5) is 10.6. The maximum atomic E-state index is 10.6. The van der Waals surface area contributed by atoms with Crippen LogP contribution in [0.25, 0.3) is 0 Å². The first-order valence-corrected chi connectivity index (χ1v) is 6.30. The Balaban J connectivity index is 1.99. The number of benzene rings is 1. The van der Waals surface area contributed by atoms with Crippen molar-refractivity contribution in [1.29, 1.82) is 0 Å². The van der Waals surface area contributed by atoms with Crippen molar-refractivity contribution in [3.05, 3.63) is 23.8 Å². The first kappa shape index (κ1) is 12.7. The average Bonchev–Trinajstić information content (AvgIpc) is 2.30. The molecule has 0 radical (unpaired) electrons. The van der Waals surface area contributed by atoms with E-state index >= 15 is 0 Å². The number of hydrogen-bond acceptors (Lipinski definition) is 3. The predicted molar refractivity (Wildman–Crippen MR) is 66.7 cm³/mol. The van der Waals surface area contributed by atoms with Crippen LogP contribution < -0.4 is 0 Å². The molecule has 1 saturated carbocycles. The third-order valence-corrected chi connectivity index (χ3v) is 3.76. The summed E-state index contributed by atoms with van der Waals surface area (Å²) >= 11 is 0. The number of aliphatic carboxylic acids is 1. The molecule has 1 fully saturated rings. The zero-order chi connectivity index (χ0) is 13.1. The standard InChI is InChI=1S/C14H18O4/c15-11-5-6-12(13(16)8-11)10-3-1-9(2-4-10)7-14(17)18/h5-6,8-10,15-16H,1-4,7H2,(H,17,18)/t9-,10+. The number of carboxylic acids is 1. The van der Waals surface area contributed by atoms with Crippen LogP contribution >= 0.6 is 0 Å². The first-order valence-electron chi connectivity index (χ1n) is 6.30. The minimum absolute atomic E-state index is 0.0656. The van der Waals surface area contributed by atoms with Gasteiger partial charge in [0.05, 0.1) is 0 Å². The van der Waals surface area contributed by atoms with Crippen LogP contribution in [0.2, 0.25) is 0 Å². The van der Waals surface area contributed by atoms with Gasteiger partial charge >= 0.3 is 5.97 Å². The van der Waals surface area contributed by atoms with Gasteiger partial charge in [0.1, 0.15) is 11.5 Å². The van der Waals surface area contributed by atoms with E-state index in [2.05, 4.69) is 0 Å². The molecular weight excluding hydrogens is 232 g/mol. The molecule has 0 saturated heterocycles. The summed E-state index contributed by atoms with van der Waals surface area (Å²) in [7, 11) is 0. The number of carbonyl (C=O) groups is 1. The van der Waals surface area contributed by atoms with Crippen LogP contribution in [0, 0.1) is 5.92 Å². The minimum atomic E-state index is -0.731. The number of hydrogen-bond donors (Lipinski definition) is 3. The van der Waals surface area contributed by atoms with Gasteiger partial charge in [-0.2, -0.15) is 0 Å². The van der Waals surface area contributed by atoms with E-state index in [1.54, 1.807) is 12.1 Å². The molecule has 0 unspecified atom stereocenters. The van der Waals surface area contributed by atoms with E-state index in [-0.39, 0.29) is 29.8 Å². The van der Waals surface area contributed by atoms with Gasteiger partial charge in [0.2, 0.25) is 0 Å². The van der Waals surface area contributed by atoms with Crippen LogP contribution in [0.4, 0.5) is 0 Å². The van der Waals surface area contributed by atoms with Gasteiger partial charge in [0.25, 0.3) is 0 Å². The zero-order valence-corrected chi connectivity index (χ0v) is 10.2. The van der Waals surface area contributed by atoms with Gasteiger partial charge in [-0.1, -0.05) is 6.07 Å². The van der Waals surface area contributed by atoms with Gasteiger partial charge in [-0.05, 0) is 49.1 Å². The highest BCUT2D eigenvalue weighted by atomic mass is 16.4. The lowest BCUT2D eigenvalue weighted by Gasteiger charge is -2.28. The first-order chi connectivity index (χ1) is 8.56. The van der Waals surface area contributed by atoms with E-state index in [9.17, 15) is 15.0 Å². The summed E-state index contributed by atoms with van der Waals surface area (Å²) in [5.41, 5.74) is 0.863. The van der Waals surface area contributed by atoms with Crippen LogP contribution in [0.5, 0.6) is 11.5 Å². The van der Waals surface area contributed by atoms with Crippen molar-refractivity contribution >= 4 is 5.97 Å². The van der Waals surface area contributed by atoms with Gasteiger partial charge in [-0.15, -0.1) is 0 Å². The Hall–Kier alpha value is -1.71. The van der Waals surface area contributed by atoms with Crippen molar-refractivity contribution in [2.24, 2.45) is 5.92 Å². The van der Waals surface area contributed by atoms with Gasteiger partial charge in [-0.3, -0.25) is 4.79 Å². The minimum Gasteiger partial charge on any atom is -0.508 e. The van der Waals surface area contributed by atoms with Gasteiger partial charge in [-0.25, -0.2) is 0 Å². The molecule has 2 rings (SSSR count). The Morgan fingerprint density at radius 2 is 1.83 bits per heavy atom. The number of phenols is 2. The third-order valence-electron chi connectivity index (χ3n) is 3.76. The molecule has 1 aromatic carbocycles. The quantitative estimate of drug-likeness (QED) is 0.770. The fraction of sp³-hybridized carbons (Fsp3) is 0.500. The molecule has 4 nitrogen and oxygen atoms in total. The average molecular weight is 250 g/mol. The number of carboxylic acid groups (broad SMARTS) is 1. The van der Waals surface area contributed by atoms with Crippen molar-refractivity contribution in [2.75, 3.05) is 0 Å². The molecule has 4 heteroatoms. The molecule has 0 aliphatic heterocycles. The molecular formula is C14H18O4. The molecule has 1 aliphatic carbocycles. The van der Waals surface area contributed by atoms with Crippen LogP contribution in [0.3, 0.4) is 0 Å². The largest absolute Gasteiger partial charge is 0.508 e. The molecule has 0 aromatic heterocycles. The second-order valence-corrected chi connectivity index (χ2v) is 5.06. The highest BCUT2D eigenvalue weighted by molar-refractivity contribution is 5.67. The maximum Gasteiger partial charge on any atom is 0.303 e. The molecule has 0 atom stereocenters. The second-order valence-electron chi connectivity index (χ2n) is 5.06. The van der Waals surface area contributed by atoms with Crippen molar-refractivity contribution in [1.82, 2.24) is 0 Å². The number of aromatic hydroxyl groups is 2. The zero-order valence-electron chi connectivity index (χ0n) is 10.2. The smallest absolute Gasteiger partial charge is 0.303 e. The highest BCUT2D eigenvalue weighted by Gasteiger charge is 2.25. The summed E-state index contributed by atoms with van der Waals surface area (Å²) in [6.45, 7) is 0. The molecule has 0 spiro atoms. The fourth-order valence-corrected chi connectivity index (χ4v) is 2.80. The monoisotopic (exact) mass is 250 g/mol. The highest BCUT2D eigenvalue weighted by Crippen LogP contribution is 2.40. The Bertz CT molecular complexity index is 433. The predicted octanol–water partition coefficient (Wildman–Crippen LogP) is 2.85. The SMILES string of the molecule is O=C(O)C[C@H]1CC[C@@H](c2ccc(O)cc2O)CC1. The van der Waals surface area contributed by atoms with Crippen LogP contribution in [0.15, 0.2) is 18.2 Å². The van der Waals surface area contributed by atoms with Crippen molar-refractivity contribution in [3.8, 4) is 11.5 Å². The van der Waals surface area contributed by atoms with Gasteiger partial charge < -0.3 is 15.3 Å². The lowest BCUT2D eigenvalue weighted by atomic mass is 9.77. The van der Waals surface area contributed by atoms with Gasteiger partial charge in [0.15, 0.2) is 0 Å². The van der Waals surface area contributed by atoms with Crippen molar-refractivity contribution < 1.29 is 20.1 Å². The summed E-state index contributed by atoms with van der Waals surface area (Å²) < 4.78 is 0. The van der Waals surface area contributed by atoms with Crippen molar-refractivity contribution in [2.45, 2.75) is 38.0 Å². The summed E-state index contributed by atoms with van der Waals surface area (Å²) in [5.74, 6) is 0.00656. The van der Waals surface area contributed by atoms with Crippen LogP contribution in [0.1, 0.15) is 43.6 Å². The van der Waals surface area contributed by atoms with E-state index in [1.807, 2.05) is 0 Å². The Morgan fingerprint density at radius 3 is 2.39 bits per heavy atom. The topological polar surface area (TPSA) is 77.8 Å². The lowest BCUT2D eigenvalue weighted by Crippen LogP contribution is -2.16.